The predicted octanol–water partition coefficient (Wildman–Crippen LogP) is 4.44. The second-order valence-corrected chi connectivity index (χ2v) is 7.26. The first-order valence-electron chi connectivity index (χ1n) is 8.59. The maximum Gasteiger partial charge on any atom is 0.333 e. The van der Waals surface area contributed by atoms with Crippen molar-refractivity contribution < 1.29 is 13.9 Å². The predicted molar refractivity (Wildman–Crippen MR) is 107 cm³/mol. The Morgan fingerprint density at radius 3 is 1.79 bits per heavy atom. The molecule has 0 amide bonds. The van der Waals surface area contributed by atoms with Gasteiger partial charge in [-0.05, 0) is 35.4 Å². The van der Waals surface area contributed by atoms with Crippen molar-refractivity contribution in [3.8, 4) is 5.88 Å². The van der Waals surface area contributed by atoms with Crippen LogP contribution in [0.4, 0.5) is 8.78 Å². The van der Waals surface area contributed by atoms with Gasteiger partial charge in [0.05, 0.1) is 19.2 Å². The Hall–Kier alpha value is -2.64. The quantitative estimate of drug-likeness (QED) is 0.615. The van der Waals surface area contributed by atoms with Gasteiger partial charge in [-0.15, -0.1) is 0 Å². The molecule has 0 radical (unpaired) electrons. The summed E-state index contributed by atoms with van der Waals surface area (Å²) in [5, 5.41) is 10.6. The summed E-state index contributed by atoms with van der Waals surface area (Å²) in [7, 11) is 0. The summed E-state index contributed by atoms with van der Waals surface area (Å²) in [6.45, 7) is -1.17. The van der Waals surface area contributed by atoms with E-state index in [0.717, 1.165) is 6.07 Å². The van der Waals surface area contributed by atoms with E-state index in [0.29, 0.717) is 19.2 Å². The van der Waals surface area contributed by atoms with Crippen molar-refractivity contribution in [1.29, 1.82) is 0 Å². The summed E-state index contributed by atoms with van der Waals surface area (Å²) in [5.41, 5.74) is -1.54. The number of benzene rings is 2. The van der Waals surface area contributed by atoms with Crippen molar-refractivity contribution in [3.05, 3.63) is 96.6 Å². The molecule has 0 aliphatic carbocycles. The van der Waals surface area contributed by atoms with Crippen LogP contribution in [-0.2, 0) is 13.1 Å². The SMILES string of the molecule is O=c1cc(O)n(CC(F)c2cccc(Cl)c2)c(=O)n1CC(F)c1cccc(Cl)c1. The number of aromatic hydroxyl groups is 1. The molecule has 0 spiro atoms. The van der Waals surface area contributed by atoms with Crippen LogP contribution in [0, 0.1) is 0 Å². The number of alkyl halides is 2. The number of aromatic nitrogens is 2. The molecule has 0 saturated heterocycles. The van der Waals surface area contributed by atoms with Gasteiger partial charge in [-0.25, -0.2) is 13.6 Å². The van der Waals surface area contributed by atoms with E-state index in [4.69, 9.17) is 23.2 Å². The number of hydrogen-bond acceptors (Lipinski definition) is 3. The third kappa shape index (κ3) is 4.86. The van der Waals surface area contributed by atoms with Crippen LogP contribution in [0.5, 0.6) is 5.88 Å². The molecule has 0 bridgehead atoms. The second-order valence-electron chi connectivity index (χ2n) is 6.39. The van der Waals surface area contributed by atoms with Crippen LogP contribution < -0.4 is 11.2 Å². The number of hydrogen-bond donors (Lipinski definition) is 1. The van der Waals surface area contributed by atoms with Crippen molar-refractivity contribution in [2.24, 2.45) is 0 Å². The lowest BCUT2D eigenvalue weighted by Crippen LogP contribution is -2.40. The zero-order valence-electron chi connectivity index (χ0n) is 14.9. The molecule has 2 unspecified atom stereocenters. The van der Waals surface area contributed by atoms with Gasteiger partial charge < -0.3 is 5.11 Å². The third-order valence-corrected chi connectivity index (χ3v) is 4.83. The smallest absolute Gasteiger partial charge is 0.333 e. The van der Waals surface area contributed by atoms with Crippen LogP contribution in [0.25, 0.3) is 0 Å². The van der Waals surface area contributed by atoms with E-state index in [1.54, 1.807) is 24.3 Å². The molecule has 2 aromatic carbocycles. The molecule has 0 aliphatic rings. The van der Waals surface area contributed by atoms with Gasteiger partial charge in [0.25, 0.3) is 5.56 Å². The third-order valence-electron chi connectivity index (χ3n) is 4.36. The molecule has 3 rings (SSSR count). The molecule has 1 N–H and O–H groups in total. The zero-order chi connectivity index (χ0) is 21.1. The fraction of sp³-hybridized carbons (Fsp3) is 0.200. The Labute approximate surface area is 174 Å². The molecule has 0 saturated carbocycles. The van der Waals surface area contributed by atoms with Crippen molar-refractivity contribution in [1.82, 2.24) is 9.13 Å². The lowest BCUT2D eigenvalue weighted by Gasteiger charge is -2.16. The van der Waals surface area contributed by atoms with Gasteiger partial charge in [0.2, 0.25) is 5.88 Å². The molecule has 1 heterocycles. The minimum Gasteiger partial charge on any atom is -0.494 e. The van der Waals surface area contributed by atoms with E-state index >= 15 is 0 Å². The highest BCUT2D eigenvalue weighted by Crippen LogP contribution is 2.24. The fourth-order valence-corrected chi connectivity index (χ4v) is 3.28. The average molecular weight is 441 g/mol. The highest BCUT2D eigenvalue weighted by molar-refractivity contribution is 6.30. The van der Waals surface area contributed by atoms with E-state index in [1.165, 1.54) is 24.3 Å². The molecule has 152 valence electrons. The molecule has 1 aromatic heterocycles. The van der Waals surface area contributed by atoms with Crippen LogP contribution in [0.2, 0.25) is 10.0 Å². The molecule has 9 heteroatoms. The Morgan fingerprint density at radius 2 is 1.31 bits per heavy atom. The summed E-state index contributed by atoms with van der Waals surface area (Å²) >= 11 is 11.7. The van der Waals surface area contributed by atoms with Gasteiger partial charge in [-0.2, -0.15) is 0 Å². The van der Waals surface area contributed by atoms with Gasteiger partial charge in [0, 0.05) is 10.0 Å². The van der Waals surface area contributed by atoms with E-state index in [1.807, 2.05) is 0 Å². The Morgan fingerprint density at radius 1 is 0.828 bits per heavy atom. The maximum atomic E-state index is 14.7. The molecule has 0 aliphatic heterocycles. The van der Waals surface area contributed by atoms with Gasteiger partial charge in [-0.1, -0.05) is 47.5 Å². The van der Waals surface area contributed by atoms with E-state index < -0.39 is 42.6 Å². The van der Waals surface area contributed by atoms with Crippen molar-refractivity contribution in [2.75, 3.05) is 0 Å². The first-order chi connectivity index (χ1) is 13.8. The summed E-state index contributed by atoms with van der Waals surface area (Å²) in [4.78, 5) is 24.8. The number of halogens is 4. The van der Waals surface area contributed by atoms with E-state index in [9.17, 15) is 23.5 Å². The Balaban J connectivity index is 1.92. The van der Waals surface area contributed by atoms with Crippen molar-refractivity contribution >= 4 is 23.2 Å². The summed E-state index contributed by atoms with van der Waals surface area (Å²) in [5.74, 6) is -0.709. The molecule has 0 fully saturated rings. The summed E-state index contributed by atoms with van der Waals surface area (Å²) < 4.78 is 30.6. The van der Waals surface area contributed by atoms with Gasteiger partial charge in [-0.3, -0.25) is 13.9 Å². The highest BCUT2D eigenvalue weighted by atomic mass is 35.5. The minimum absolute atomic E-state index is 0.186. The van der Waals surface area contributed by atoms with E-state index in [2.05, 4.69) is 0 Å². The molecular formula is C20H16Cl2F2N2O3. The van der Waals surface area contributed by atoms with Gasteiger partial charge in [0.15, 0.2) is 0 Å². The highest BCUT2D eigenvalue weighted by Gasteiger charge is 2.20. The molecule has 2 atom stereocenters. The maximum absolute atomic E-state index is 14.7. The number of nitrogens with zero attached hydrogens (tertiary/aromatic N) is 2. The molecule has 3 aromatic rings. The second kappa shape index (κ2) is 8.80. The van der Waals surface area contributed by atoms with Crippen LogP contribution in [-0.4, -0.2) is 14.2 Å². The standard InChI is InChI=1S/C20H16Cl2F2N2O3/c21-14-5-1-3-12(7-14)16(23)10-25-18(27)9-19(28)26(20(25)29)11-17(24)13-4-2-6-15(22)8-13/h1-9,16-17,27H,10-11H2. The average Bonchev–Trinajstić information content (AvgIpc) is 2.68. The fourth-order valence-electron chi connectivity index (χ4n) is 2.88. The van der Waals surface area contributed by atoms with Crippen molar-refractivity contribution in [3.63, 3.8) is 0 Å². The first kappa shape index (κ1) is 21.1. The van der Waals surface area contributed by atoms with Crippen molar-refractivity contribution in [2.45, 2.75) is 25.4 Å². The van der Waals surface area contributed by atoms with Gasteiger partial charge in [0.1, 0.15) is 12.3 Å². The number of rotatable bonds is 6. The monoisotopic (exact) mass is 440 g/mol. The minimum atomic E-state index is -1.70. The molecule has 5 nitrogen and oxygen atoms in total. The first-order valence-corrected chi connectivity index (χ1v) is 9.34. The summed E-state index contributed by atoms with van der Waals surface area (Å²) in [6, 6.07) is 12.7. The normalized spacial score (nSPS) is 13.2. The Kier molecular flexibility index (Phi) is 6.39. The van der Waals surface area contributed by atoms with E-state index in [-0.39, 0.29) is 11.1 Å². The van der Waals surface area contributed by atoms with Crippen LogP contribution in [0.1, 0.15) is 23.5 Å². The zero-order valence-corrected chi connectivity index (χ0v) is 16.4. The van der Waals surface area contributed by atoms with Crippen LogP contribution >= 0.6 is 23.2 Å². The summed E-state index contributed by atoms with van der Waals surface area (Å²) in [6.07, 6.45) is -3.39. The Bertz CT molecular complexity index is 1150. The molecular weight excluding hydrogens is 425 g/mol. The van der Waals surface area contributed by atoms with Gasteiger partial charge >= 0.3 is 5.69 Å². The lowest BCUT2D eigenvalue weighted by molar-refractivity contribution is 0.261. The largest absolute Gasteiger partial charge is 0.494 e. The van der Waals surface area contributed by atoms with Crippen LogP contribution in [0.15, 0.2) is 64.2 Å². The topological polar surface area (TPSA) is 64.2 Å². The lowest BCUT2D eigenvalue weighted by atomic mass is 10.1. The van der Waals surface area contributed by atoms with Crippen LogP contribution in [0.3, 0.4) is 0 Å². The molecule has 29 heavy (non-hydrogen) atoms.